The van der Waals surface area contributed by atoms with Crippen LogP contribution in [0.2, 0.25) is 5.15 Å². The minimum atomic E-state index is 0. The lowest BCUT2D eigenvalue weighted by Crippen LogP contribution is -2.25. The lowest BCUT2D eigenvalue weighted by molar-refractivity contribution is 0.627. The van der Waals surface area contributed by atoms with Gasteiger partial charge in [-0.1, -0.05) is 11.6 Å². The molecule has 0 radical (unpaired) electrons. The molecule has 4 heteroatoms. The van der Waals surface area contributed by atoms with Crippen LogP contribution in [0.1, 0.15) is 16.8 Å². The number of hydrogen-bond donors (Lipinski definition) is 1. The zero-order chi connectivity index (χ0) is 8.55. The summed E-state index contributed by atoms with van der Waals surface area (Å²) in [7, 11) is 0. The molecule has 13 heavy (non-hydrogen) atoms. The van der Waals surface area contributed by atoms with Gasteiger partial charge >= 0.3 is 0 Å². The first-order valence-corrected chi connectivity index (χ1v) is 4.51. The standard InChI is InChI=1S/C9H11ClN2.ClH/c1-6-4-9(10)12-8-2-3-11-5-7(6)8;/h4,11H,2-3,5H2,1H3;1H. The quantitative estimate of drug-likeness (QED) is 0.676. The number of aryl methyl sites for hydroxylation is 1. The molecule has 0 aliphatic carbocycles. The minimum Gasteiger partial charge on any atom is -0.312 e. The second-order valence-electron chi connectivity index (χ2n) is 3.11. The van der Waals surface area contributed by atoms with Crippen molar-refractivity contribution in [1.29, 1.82) is 0 Å². The largest absolute Gasteiger partial charge is 0.312 e. The second kappa shape index (κ2) is 4.27. The van der Waals surface area contributed by atoms with Crippen molar-refractivity contribution in [2.75, 3.05) is 6.54 Å². The highest BCUT2D eigenvalue weighted by molar-refractivity contribution is 6.29. The zero-order valence-electron chi connectivity index (χ0n) is 7.43. The summed E-state index contributed by atoms with van der Waals surface area (Å²) in [5.41, 5.74) is 3.74. The van der Waals surface area contributed by atoms with Crippen molar-refractivity contribution < 1.29 is 0 Å². The molecule has 0 unspecified atom stereocenters. The number of fused-ring (bicyclic) bond motifs is 1. The maximum Gasteiger partial charge on any atom is 0.129 e. The fraction of sp³-hybridized carbons (Fsp3) is 0.444. The number of rotatable bonds is 0. The predicted octanol–water partition coefficient (Wildman–Crippen LogP) is 2.11. The highest BCUT2D eigenvalue weighted by Gasteiger charge is 2.12. The summed E-state index contributed by atoms with van der Waals surface area (Å²) in [6.45, 7) is 4.03. The molecular weight excluding hydrogens is 207 g/mol. The molecule has 0 bridgehead atoms. The van der Waals surface area contributed by atoms with Crippen LogP contribution in [0.3, 0.4) is 0 Å². The van der Waals surface area contributed by atoms with Gasteiger partial charge in [0.15, 0.2) is 0 Å². The Hall–Kier alpha value is -0.310. The van der Waals surface area contributed by atoms with E-state index in [1.165, 1.54) is 16.8 Å². The Labute approximate surface area is 89.1 Å². The molecule has 1 N–H and O–H groups in total. The third-order valence-electron chi connectivity index (χ3n) is 2.24. The molecule has 2 rings (SSSR count). The number of halogens is 2. The maximum atomic E-state index is 5.85. The van der Waals surface area contributed by atoms with Gasteiger partial charge in [0, 0.05) is 25.2 Å². The zero-order valence-corrected chi connectivity index (χ0v) is 9.00. The molecule has 0 atom stereocenters. The molecule has 0 aromatic carbocycles. The first kappa shape index (κ1) is 10.8. The average Bonchev–Trinajstić information content (AvgIpc) is 2.04. The van der Waals surface area contributed by atoms with Crippen molar-refractivity contribution in [1.82, 2.24) is 10.3 Å². The minimum absolute atomic E-state index is 0. The molecule has 72 valence electrons. The summed E-state index contributed by atoms with van der Waals surface area (Å²) < 4.78 is 0. The number of aromatic nitrogens is 1. The molecule has 2 nitrogen and oxygen atoms in total. The Morgan fingerprint density at radius 3 is 3.08 bits per heavy atom. The van der Waals surface area contributed by atoms with E-state index < -0.39 is 0 Å². The van der Waals surface area contributed by atoms with Crippen molar-refractivity contribution in [3.63, 3.8) is 0 Å². The Morgan fingerprint density at radius 1 is 1.54 bits per heavy atom. The molecular formula is C9H12Cl2N2. The lowest BCUT2D eigenvalue weighted by Gasteiger charge is -2.18. The third kappa shape index (κ3) is 2.13. The topological polar surface area (TPSA) is 24.9 Å². The molecule has 2 heterocycles. The summed E-state index contributed by atoms with van der Waals surface area (Å²) in [4.78, 5) is 4.30. The van der Waals surface area contributed by atoms with Crippen LogP contribution >= 0.6 is 24.0 Å². The van der Waals surface area contributed by atoms with Crippen LogP contribution in [0.5, 0.6) is 0 Å². The molecule has 0 saturated carbocycles. The van der Waals surface area contributed by atoms with E-state index in [1.807, 2.05) is 6.07 Å². The van der Waals surface area contributed by atoms with Crippen LogP contribution in [0.25, 0.3) is 0 Å². The van der Waals surface area contributed by atoms with Crippen molar-refractivity contribution in [2.45, 2.75) is 19.9 Å². The highest BCUT2D eigenvalue weighted by atomic mass is 35.5. The van der Waals surface area contributed by atoms with Crippen LogP contribution in [0.15, 0.2) is 6.07 Å². The van der Waals surface area contributed by atoms with E-state index in [-0.39, 0.29) is 12.4 Å². The van der Waals surface area contributed by atoms with Gasteiger partial charge in [0.25, 0.3) is 0 Å². The summed E-state index contributed by atoms with van der Waals surface area (Å²) in [6.07, 6.45) is 0.997. The van der Waals surface area contributed by atoms with Gasteiger partial charge in [0.05, 0.1) is 0 Å². The fourth-order valence-electron chi connectivity index (χ4n) is 1.59. The van der Waals surface area contributed by atoms with Gasteiger partial charge in [0.2, 0.25) is 0 Å². The van der Waals surface area contributed by atoms with Crippen LogP contribution in [0, 0.1) is 6.92 Å². The summed E-state index contributed by atoms with van der Waals surface area (Å²) in [5.74, 6) is 0. The molecule has 1 aliphatic rings. The Bertz CT molecular complexity index is 313. The smallest absolute Gasteiger partial charge is 0.129 e. The first-order chi connectivity index (χ1) is 5.77. The van der Waals surface area contributed by atoms with E-state index in [9.17, 15) is 0 Å². The molecule has 1 aliphatic heterocycles. The van der Waals surface area contributed by atoms with Crippen molar-refractivity contribution >= 4 is 24.0 Å². The van der Waals surface area contributed by atoms with Gasteiger partial charge in [-0.15, -0.1) is 12.4 Å². The fourth-order valence-corrected chi connectivity index (χ4v) is 1.86. The molecule has 0 amide bonds. The van der Waals surface area contributed by atoms with E-state index in [0.717, 1.165) is 19.5 Å². The number of hydrogen-bond acceptors (Lipinski definition) is 2. The molecule has 1 aromatic rings. The van der Waals surface area contributed by atoms with E-state index in [2.05, 4.69) is 17.2 Å². The van der Waals surface area contributed by atoms with Crippen molar-refractivity contribution in [3.8, 4) is 0 Å². The maximum absolute atomic E-state index is 5.85. The number of pyridine rings is 1. The summed E-state index contributed by atoms with van der Waals surface area (Å²) >= 11 is 5.85. The van der Waals surface area contributed by atoms with Gasteiger partial charge in [-0.3, -0.25) is 0 Å². The second-order valence-corrected chi connectivity index (χ2v) is 3.50. The SMILES string of the molecule is Cc1cc(Cl)nc2c1CNCC2.Cl. The Kier molecular flexibility index (Phi) is 3.54. The van der Waals surface area contributed by atoms with Crippen molar-refractivity contribution in [3.05, 3.63) is 28.0 Å². The van der Waals surface area contributed by atoms with Crippen LogP contribution < -0.4 is 5.32 Å². The molecule has 0 spiro atoms. The molecule has 0 saturated heterocycles. The van der Waals surface area contributed by atoms with E-state index >= 15 is 0 Å². The van der Waals surface area contributed by atoms with E-state index in [1.54, 1.807) is 0 Å². The van der Waals surface area contributed by atoms with E-state index in [0.29, 0.717) is 5.15 Å². The normalized spacial score (nSPS) is 14.6. The monoisotopic (exact) mass is 218 g/mol. The first-order valence-electron chi connectivity index (χ1n) is 4.13. The molecule has 0 fully saturated rings. The highest BCUT2D eigenvalue weighted by Crippen LogP contribution is 2.19. The van der Waals surface area contributed by atoms with Crippen molar-refractivity contribution in [2.24, 2.45) is 0 Å². The van der Waals surface area contributed by atoms with Crippen LogP contribution in [0.4, 0.5) is 0 Å². The van der Waals surface area contributed by atoms with Gasteiger partial charge in [-0.05, 0) is 24.1 Å². The third-order valence-corrected chi connectivity index (χ3v) is 2.44. The van der Waals surface area contributed by atoms with Crippen LogP contribution in [-0.2, 0) is 13.0 Å². The van der Waals surface area contributed by atoms with Gasteiger partial charge in [-0.2, -0.15) is 0 Å². The summed E-state index contributed by atoms with van der Waals surface area (Å²) in [5, 5.41) is 3.94. The predicted molar refractivity (Wildman–Crippen MR) is 56.6 cm³/mol. The number of nitrogens with one attached hydrogen (secondary N) is 1. The Morgan fingerprint density at radius 2 is 2.31 bits per heavy atom. The Balaban J connectivity index is 0.000000845. The average molecular weight is 219 g/mol. The number of nitrogens with zero attached hydrogens (tertiary/aromatic N) is 1. The van der Waals surface area contributed by atoms with Gasteiger partial charge < -0.3 is 5.32 Å². The summed E-state index contributed by atoms with van der Waals surface area (Å²) in [6, 6.07) is 1.92. The van der Waals surface area contributed by atoms with Gasteiger partial charge in [0.1, 0.15) is 5.15 Å². The van der Waals surface area contributed by atoms with Crippen LogP contribution in [-0.4, -0.2) is 11.5 Å². The molecule has 1 aromatic heterocycles. The van der Waals surface area contributed by atoms with Gasteiger partial charge in [-0.25, -0.2) is 4.98 Å². The lowest BCUT2D eigenvalue weighted by atomic mass is 10.0. The van der Waals surface area contributed by atoms with E-state index in [4.69, 9.17) is 11.6 Å².